The first kappa shape index (κ1) is 17.7. The minimum Gasteiger partial charge on any atom is -0.480 e. The van der Waals surface area contributed by atoms with E-state index in [-0.39, 0.29) is 17.3 Å². The number of nitrogens with one attached hydrogen (secondary N) is 1. The zero-order valence-corrected chi connectivity index (χ0v) is 14.6. The number of methoxy groups -OCH3 is 1. The number of hydrogen-bond donors (Lipinski definition) is 1. The van der Waals surface area contributed by atoms with E-state index in [1.54, 1.807) is 6.92 Å². The van der Waals surface area contributed by atoms with Crippen LogP contribution in [-0.4, -0.2) is 21.0 Å². The topological polar surface area (TPSA) is 51.2 Å². The minimum absolute atomic E-state index is 0.0137. The predicted molar refractivity (Wildman–Crippen MR) is 87.7 cm³/mol. The number of rotatable bonds is 4. The zero-order valence-electron chi connectivity index (χ0n) is 13.7. The first-order valence-corrected chi connectivity index (χ1v) is 8.30. The molecule has 1 N–H and O–H groups in total. The van der Waals surface area contributed by atoms with E-state index < -0.39 is 27.4 Å². The van der Waals surface area contributed by atoms with Crippen LogP contribution in [0.5, 0.6) is 5.88 Å². The largest absolute Gasteiger partial charge is 0.480 e. The zero-order chi connectivity index (χ0) is 17.4. The molecule has 0 aliphatic rings. The van der Waals surface area contributed by atoms with E-state index >= 15 is 0 Å². The normalized spacial score (nSPS) is 14.7. The highest BCUT2D eigenvalue weighted by Gasteiger charge is 2.24. The predicted octanol–water partition coefficient (Wildman–Crippen LogP) is 3.63. The Morgan fingerprint density at radius 1 is 1.30 bits per heavy atom. The van der Waals surface area contributed by atoms with E-state index in [0.29, 0.717) is 10.9 Å². The van der Waals surface area contributed by atoms with Crippen molar-refractivity contribution in [3.8, 4) is 5.88 Å². The third-order valence-corrected chi connectivity index (χ3v) is 5.12. The Kier molecular flexibility index (Phi) is 5.01. The maximum atomic E-state index is 14.2. The summed E-state index contributed by atoms with van der Waals surface area (Å²) < 4.78 is 47.5. The molecule has 0 radical (unpaired) electrons. The quantitative estimate of drug-likeness (QED) is 0.923. The lowest BCUT2D eigenvalue weighted by Gasteiger charge is -2.23. The molecule has 1 aromatic carbocycles. The van der Waals surface area contributed by atoms with Gasteiger partial charge in [0.05, 0.1) is 28.2 Å². The van der Waals surface area contributed by atoms with Crippen molar-refractivity contribution in [3.63, 3.8) is 0 Å². The first-order chi connectivity index (χ1) is 10.7. The number of aromatic nitrogens is 1. The Hall–Kier alpha value is -1.60. The van der Waals surface area contributed by atoms with E-state index in [1.165, 1.54) is 19.4 Å². The number of nitrogens with zero attached hydrogens (tertiary/aromatic N) is 1. The Morgan fingerprint density at radius 3 is 2.52 bits per heavy atom. The second-order valence-electron chi connectivity index (χ2n) is 6.23. The van der Waals surface area contributed by atoms with Gasteiger partial charge in [-0.1, -0.05) is 6.07 Å². The van der Waals surface area contributed by atoms with E-state index in [2.05, 4.69) is 9.71 Å². The number of halogens is 2. The molecule has 0 fully saturated rings. The highest BCUT2D eigenvalue weighted by atomic mass is 32.2. The van der Waals surface area contributed by atoms with Crippen LogP contribution in [-0.2, 0) is 11.0 Å². The molecule has 0 amide bonds. The maximum Gasteiger partial charge on any atom is 0.224 e. The van der Waals surface area contributed by atoms with Gasteiger partial charge in [0.15, 0.2) is 11.6 Å². The molecule has 0 saturated heterocycles. The van der Waals surface area contributed by atoms with E-state index in [1.807, 2.05) is 20.8 Å². The van der Waals surface area contributed by atoms with Crippen molar-refractivity contribution in [1.29, 1.82) is 0 Å². The van der Waals surface area contributed by atoms with Crippen LogP contribution in [0.1, 0.15) is 39.3 Å². The summed E-state index contributed by atoms with van der Waals surface area (Å²) in [6, 6.07) is 2.18. The van der Waals surface area contributed by atoms with Gasteiger partial charge in [0.25, 0.3) is 0 Å². The molecule has 4 nitrogen and oxygen atoms in total. The van der Waals surface area contributed by atoms with Gasteiger partial charge in [-0.3, -0.25) is 0 Å². The number of benzene rings is 1. The van der Waals surface area contributed by atoms with Gasteiger partial charge in [0.1, 0.15) is 0 Å². The molecule has 1 aromatic heterocycles. The van der Waals surface area contributed by atoms with Crippen LogP contribution < -0.4 is 9.46 Å². The first-order valence-electron chi connectivity index (χ1n) is 7.15. The molecule has 126 valence electrons. The van der Waals surface area contributed by atoms with Crippen molar-refractivity contribution in [1.82, 2.24) is 9.71 Å². The van der Waals surface area contributed by atoms with E-state index in [0.717, 1.165) is 6.07 Å². The lowest BCUT2D eigenvalue weighted by atomic mass is 10.0. The molecule has 1 unspecified atom stereocenters. The van der Waals surface area contributed by atoms with Crippen LogP contribution in [0.2, 0.25) is 0 Å². The third kappa shape index (κ3) is 3.50. The summed E-state index contributed by atoms with van der Waals surface area (Å²) in [6.45, 7) is 7.35. The third-order valence-electron chi connectivity index (χ3n) is 3.44. The molecule has 0 saturated carbocycles. The average Bonchev–Trinajstić information content (AvgIpc) is 2.48. The highest BCUT2D eigenvalue weighted by molar-refractivity contribution is 7.84. The fourth-order valence-electron chi connectivity index (χ4n) is 2.16. The second kappa shape index (κ2) is 6.49. The highest BCUT2D eigenvalue weighted by Crippen LogP contribution is 2.33. The molecule has 0 aliphatic carbocycles. The fraction of sp³-hybridized carbons (Fsp3) is 0.438. The summed E-state index contributed by atoms with van der Waals surface area (Å²) in [6.07, 6.45) is 1.52. The molecule has 0 spiro atoms. The maximum absolute atomic E-state index is 14.2. The lowest BCUT2D eigenvalue weighted by molar-refractivity contribution is 0.400. The van der Waals surface area contributed by atoms with Gasteiger partial charge >= 0.3 is 0 Å². The van der Waals surface area contributed by atoms with Gasteiger partial charge < -0.3 is 4.74 Å². The van der Waals surface area contributed by atoms with E-state index in [4.69, 9.17) is 4.74 Å². The summed E-state index contributed by atoms with van der Waals surface area (Å²) in [5.74, 6) is -1.95. The number of pyridine rings is 1. The molecule has 2 aromatic rings. The Bertz CT molecular complexity index is 760. The van der Waals surface area contributed by atoms with Crippen molar-refractivity contribution < 1.29 is 17.7 Å². The summed E-state index contributed by atoms with van der Waals surface area (Å²) in [4.78, 5) is 4.05. The standard InChI is InChI=1S/C16H20F2N2O2S/c1-9(20-23(21)16(2,3)4)11-8-19-15(22-5)13-10(11)6-7-12(17)14(13)18/h6-9,20H,1-5H3/t9-,23?/m0/s1. The smallest absolute Gasteiger partial charge is 0.224 e. The van der Waals surface area contributed by atoms with Crippen LogP contribution in [0.4, 0.5) is 8.78 Å². The number of fused-ring (bicyclic) bond motifs is 1. The summed E-state index contributed by atoms with van der Waals surface area (Å²) in [5, 5.41) is 0.460. The number of ether oxygens (including phenoxy) is 1. The Morgan fingerprint density at radius 2 is 1.96 bits per heavy atom. The average molecular weight is 342 g/mol. The van der Waals surface area contributed by atoms with Crippen LogP contribution in [0.15, 0.2) is 18.3 Å². The van der Waals surface area contributed by atoms with Crippen molar-refractivity contribution in [2.75, 3.05) is 7.11 Å². The molecule has 0 aliphatic heterocycles. The number of hydrogen-bond acceptors (Lipinski definition) is 3. The summed E-state index contributed by atoms with van der Waals surface area (Å²) in [5.41, 5.74) is 0.622. The Labute approximate surface area is 136 Å². The molecule has 2 atom stereocenters. The molecule has 0 bridgehead atoms. The molecule has 2 rings (SSSR count). The summed E-state index contributed by atoms with van der Waals surface area (Å²) in [7, 11) is 0.0448. The molecular formula is C16H20F2N2O2S. The lowest BCUT2D eigenvalue weighted by Crippen LogP contribution is -2.34. The van der Waals surface area contributed by atoms with Crippen molar-refractivity contribution in [2.45, 2.75) is 38.5 Å². The van der Waals surface area contributed by atoms with Gasteiger partial charge in [0, 0.05) is 12.2 Å². The monoisotopic (exact) mass is 342 g/mol. The van der Waals surface area contributed by atoms with Crippen LogP contribution in [0.3, 0.4) is 0 Å². The van der Waals surface area contributed by atoms with Crippen molar-refractivity contribution in [2.24, 2.45) is 0 Å². The fourth-order valence-corrected chi connectivity index (χ4v) is 2.96. The SMILES string of the molecule is COc1ncc([C@H](C)NS(=O)C(C)(C)C)c2ccc(F)c(F)c12. The molecule has 1 heterocycles. The van der Waals surface area contributed by atoms with Crippen molar-refractivity contribution >= 4 is 21.8 Å². The minimum atomic E-state index is -1.30. The van der Waals surface area contributed by atoms with Gasteiger partial charge in [-0.2, -0.15) is 0 Å². The molecular weight excluding hydrogens is 322 g/mol. The van der Waals surface area contributed by atoms with Crippen LogP contribution in [0.25, 0.3) is 10.8 Å². The van der Waals surface area contributed by atoms with Crippen LogP contribution >= 0.6 is 0 Å². The van der Waals surface area contributed by atoms with Gasteiger partial charge in [-0.25, -0.2) is 22.7 Å². The van der Waals surface area contributed by atoms with Gasteiger partial charge in [-0.05, 0) is 44.7 Å². The van der Waals surface area contributed by atoms with E-state index in [9.17, 15) is 13.0 Å². The van der Waals surface area contributed by atoms with Crippen molar-refractivity contribution in [3.05, 3.63) is 35.5 Å². The Balaban J connectivity index is 2.54. The van der Waals surface area contributed by atoms with Gasteiger partial charge in [-0.15, -0.1) is 0 Å². The van der Waals surface area contributed by atoms with Gasteiger partial charge in [0.2, 0.25) is 5.88 Å². The second-order valence-corrected chi connectivity index (χ2v) is 8.23. The molecule has 23 heavy (non-hydrogen) atoms. The summed E-state index contributed by atoms with van der Waals surface area (Å²) >= 11 is 0. The van der Waals surface area contributed by atoms with Crippen LogP contribution in [0, 0.1) is 11.6 Å². The molecule has 7 heteroatoms.